The minimum absolute atomic E-state index is 0.185. The van der Waals surface area contributed by atoms with Gasteiger partial charge in [-0.1, -0.05) is 37.0 Å². The van der Waals surface area contributed by atoms with E-state index in [-0.39, 0.29) is 53.4 Å². The van der Waals surface area contributed by atoms with E-state index < -0.39 is 41.6 Å². The van der Waals surface area contributed by atoms with Crippen LogP contribution < -0.4 is 26.2 Å². The number of pyridine rings is 1. The monoisotopic (exact) mass is 889 g/mol. The van der Waals surface area contributed by atoms with E-state index in [0.29, 0.717) is 52.8 Å². The highest BCUT2D eigenvalue weighted by molar-refractivity contribution is 6.25. The van der Waals surface area contributed by atoms with Gasteiger partial charge < -0.3 is 35.3 Å². The first-order valence-corrected chi connectivity index (χ1v) is 21.8. The molecule has 65 heavy (non-hydrogen) atoms. The van der Waals surface area contributed by atoms with E-state index in [4.69, 9.17) is 4.74 Å². The first kappa shape index (κ1) is 44.4. The number of fused-ring (bicyclic) bond motifs is 2. The predicted octanol–water partition coefficient (Wildman–Crippen LogP) is 6.80. The van der Waals surface area contributed by atoms with Crippen LogP contribution in [0, 0.1) is 11.6 Å². The lowest BCUT2D eigenvalue weighted by molar-refractivity contribution is -0.131. The summed E-state index contributed by atoms with van der Waals surface area (Å²) in [6.45, 7) is 1.35. The van der Waals surface area contributed by atoms with Crippen LogP contribution in [0.1, 0.15) is 90.6 Å². The summed E-state index contributed by atoms with van der Waals surface area (Å²) in [5, 5.41) is 27.5. The molecule has 3 aromatic carbocycles. The van der Waals surface area contributed by atoms with E-state index in [1.54, 1.807) is 61.9 Å². The van der Waals surface area contributed by atoms with E-state index in [0.717, 1.165) is 67.8 Å². The van der Waals surface area contributed by atoms with Crippen LogP contribution in [-0.2, 0) is 29.6 Å². The van der Waals surface area contributed by atoms with Crippen molar-refractivity contribution in [3.8, 4) is 22.6 Å². The average molecular weight is 890 g/mol. The van der Waals surface area contributed by atoms with Gasteiger partial charge in [-0.2, -0.15) is 0 Å². The smallest absolute Gasteiger partial charge is 0.274 e. The Balaban J connectivity index is 0.755. The Hall–Kier alpha value is -7.21. The number of carbonyl (C=O) groups is 4. The van der Waals surface area contributed by atoms with Crippen molar-refractivity contribution in [1.29, 1.82) is 0 Å². The molecule has 8 rings (SSSR count). The molecular weight excluding hydrogens is 841 g/mol. The third-order valence-electron chi connectivity index (χ3n) is 11.7. The molecule has 1 fully saturated rings. The highest BCUT2D eigenvalue weighted by atomic mass is 19.1. The number of H-pyrrole nitrogens is 1. The number of halogens is 2. The van der Waals surface area contributed by atoms with Crippen molar-refractivity contribution in [1.82, 2.24) is 34.8 Å². The zero-order chi connectivity index (χ0) is 45.6. The molecule has 4 amide bonds. The lowest BCUT2D eigenvalue weighted by Gasteiger charge is -2.31. The molecule has 16 nitrogen and oxygen atoms in total. The Morgan fingerprint density at radius 1 is 0.877 bits per heavy atom. The number of rotatable bonds is 19. The number of unbranched alkanes of at least 4 members (excludes halogenated alkanes) is 5. The number of benzene rings is 3. The number of amides is 4. The standard InChI is InChI=1S/C47H49F2N9O7/c1-56-27-34(31-20-22-51-43(31)47(56)64)33-25-29(15-18-38(33)65-39-17-14-28(48)24-35(39)49)52-40(59)13-8-10-30-26-57(55-54-30)23-7-5-3-2-4-6-21-50-36-12-9-11-32-42(36)46(63)58(45(32)62)37-16-19-41(60)53-44(37)61/h9,11-12,14-15,17-18,20,22,24-27,37,41,50-51,60H,2-8,10,13,16,19,21,23H2,1H3,(H,52,59)(H,53,61). The maximum Gasteiger partial charge on any atom is 0.274 e. The molecular formula is C47H49F2N9O7. The Labute approximate surface area is 372 Å². The number of nitrogens with one attached hydrogen (secondary N) is 4. The van der Waals surface area contributed by atoms with Gasteiger partial charge in [0.2, 0.25) is 11.8 Å². The Kier molecular flexibility index (Phi) is 13.4. The molecule has 0 radical (unpaired) electrons. The normalized spacial score (nSPS) is 15.9. The van der Waals surface area contributed by atoms with Crippen LogP contribution in [0.25, 0.3) is 22.0 Å². The van der Waals surface area contributed by atoms with Gasteiger partial charge in [0.05, 0.1) is 16.8 Å². The lowest BCUT2D eigenvalue weighted by atomic mass is 10.0. The maximum absolute atomic E-state index is 14.6. The summed E-state index contributed by atoms with van der Waals surface area (Å²) in [6.07, 6.45) is 11.9. The number of hydrogen-bond donors (Lipinski definition) is 5. The van der Waals surface area contributed by atoms with Gasteiger partial charge in [0.15, 0.2) is 11.6 Å². The molecule has 5 N–H and O–H groups in total. The SMILES string of the molecule is Cn1cc(-c2cc(NC(=O)CCCc3cn(CCCCCCCCNc4cccc5c4C(=O)N(C4CCC(O)NC4=O)C5=O)nn3)ccc2Oc2ccc(F)cc2F)c2cc[nH]c2c1=O. The number of ether oxygens (including phenoxy) is 1. The van der Waals surface area contributed by atoms with Gasteiger partial charge in [0.1, 0.15) is 29.4 Å². The summed E-state index contributed by atoms with van der Waals surface area (Å²) in [7, 11) is 1.61. The third kappa shape index (κ3) is 9.97. The number of aromatic nitrogens is 5. The van der Waals surface area contributed by atoms with Crippen molar-refractivity contribution in [3.63, 3.8) is 0 Å². The highest BCUT2D eigenvalue weighted by Gasteiger charge is 2.45. The Morgan fingerprint density at radius 3 is 2.49 bits per heavy atom. The van der Waals surface area contributed by atoms with Gasteiger partial charge in [-0.05, 0) is 87.1 Å². The number of imide groups is 1. The summed E-state index contributed by atoms with van der Waals surface area (Å²) >= 11 is 0. The van der Waals surface area contributed by atoms with Crippen molar-refractivity contribution in [2.75, 3.05) is 17.2 Å². The number of aliphatic hydroxyl groups excluding tert-OH is 1. The molecule has 2 aliphatic heterocycles. The largest absolute Gasteiger partial charge is 0.454 e. The Bertz CT molecular complexity index is 2820. The summed E-state index contributed by atoms with van der Waals surface area (Å²) in [4.78, 5) is 68.8. The molecule has 1 saturated heterocycles. The first-order valence-electron chi connectivity index (χ1n) is 21.8. The van der Waals surface area contributed by atoms with Crippen molar-refractivity contribution in [3.05, 3.63) is 118 Å². The predicted molar refractivity (Wildman–Crippen MR) is 237 cm³/mol. The third-order valence-corrected chi connectivity index (χ3v) is 11.7. The first-order chi connectivity index (χ1) is 31.4. The fourth-order valence-corrected chi connectivity index (χ4v) is 8.37. The zero-order valence-electron chi connectivity index (χ0n) is 35.7. The fourth-order valence-electron chi connectivity index (χ4n) is 8.37. The molecule has 18 heteroatoms. The second kappa shape index (κ2) is 19.7. The second-order valence-electron chi connectivity index (χ2n) is 16.4. The highest BCUT2D eigenvalue weighted by Crippen LogP contribution is 2.39. The molecule has 6 aromatic rings. The topological polar surface area (TPSA) is 206 Å². The van der Waals surface area contributed by atoms with E-state index in [1.165, 1.54) is 10.6 Å². The summed E-state index contributed by atoms with van der Waals surface area (Å²) in [5.41, 5.74) is 3.59. The van der Waals surface area contributed by atoms with Crippen molar-refractivity contribution < 1.29 is 37.8 Å². The number of anilines is 2. The van der Waals surface area contributed by atoms with Gasteiger partial charge in [0.25, 0.3) is 17.4 Å². The van der Waals surface area contributed by atoms with Crippen molar-refractivity contribution in [2.45, 2.75) is 89.4 Å². The van der Waals surface area contributed by atoms with E-state index in [9.17, 15) is 37.9 Å². The quantitative estimate of drug-likeness (QED) is 0.0425. The number of carbonyl (C=O) groups excluding carboxylic acids is 4. The fraction of sp³-hybridized carbons (Fsp3) is 0.340. The van der Waals surface area contributed by atoms with Gasteiger partial charge in [-0.25, -0.2) is 8.78 Å². The van der Waals surface area contributed by atoms with E-state index >= 15 is 0 Å². The van der Waals surface area contributed by atoms with Crippen LogP contribution >= 0.6 is 0 Å². The van der Waals surface area contributed by atoms with E-state index in [2.05, 4.69) is 31.2 Å². The van der Waals surface area contributed by atoms with Crippen LogP contribution in [0.4, 0.5) is 20.2 Å². The molecule has 5 heterocycles. The van der Waals surface area contributed by atoms with E-state index in [1.807, 2.05) is 10.9 Å². The molecule has 2 aliphatic rings. The van der Waals surface area contributed by atoms with Crippen LogP contribution in [0.5, 0.6) is 11.5 Å². The molecule has 0 aliphatic carbocycles. The number of nitrogens with zero attached hydrogens (tertiary/aromatic N) is 5. The number of aliphatic hydroxyl groups is 1. The number of aromatic amines is 1. The maximum atomic E-state index is 14.6. The number of hydrogen-bond acceptors (Lipinski definition) is 10. The minimum Gasteiger partial charge on any atom is -0.454 e. The number of piperidine rings is 1. The second-order valence-corrected chi connectivity index (χ2v) is 16.4. The molecule has 0 bridgehead atoms. The molecule has 3 aromatic heterocycles. The van der Waals surface area contributed by atoms with Gasteiger partial charge >= 0.3 is 0 Å². The summed E-state index contributed by atoms with van der Waals surface area (Å²) in [6, 6.07) is 13.8. The van der Waals surface area contributed by atoms with Crippen LogP contribution in [0.3, 0.4) is 0 Å². The molecule has 0 saturated carbocycles. The van der Waals surface area contributed by atoms with Crippen molar-refractivity contribution in [2.24, 2.45) is 7.05 Å². The van der Waals surface area contributed by atoms with Gasteiger partial charge in [-0.3, -0.25) is 33.6 Å². The van der Waals surface area contributed by atoms with Gasteiger partial charge in [0, 0.05) is 79.1 Å². The average Bonchev–Trinajstić information content (AvgIpc) is 4.02. The van der Waals surface area contributed by atoms with Crippen LogP contribution in [0.15, 0.2) is 84.0 Å². The Morgan fingerprint density at radius 2 is 1.68 bits per heavy atom. The minimum atomic E-state index is -0.979. The zero-order valence-corrected chi connectivity index (χ0v) is 35.7. The molecule has 2 atom stereocenters. The lowest BCUT2D eigenvalue weighted by Crippen LogP contribution is -2.55. The molecule has 0 spiro atoms. The van der Waals surface area contributed by atoms with Crippen LogP contribution in [0.2, 0.25) is 0 Å². The summed E-state index contributed by atoms with van der Waals surface area (Å²) in [5.74, 6) is -3.32. The molecule has 338 valence electrons. The number of aryl methyl sites for hydroxylation is 3. The van der Waals surface area contributed by atoms with Gasteiger partial charge in [-0.15, -0.1) is 5.10 Å². The van der Waals surface area contributed by atoms with Crippen LogP contribution in [-0.4, -0.2) is 77.0 Å². The summed E-state index contributed by atoms with van der Waals surface area (Å²) < 4.78 is 37.4. The van der Waals surface area contributed by atoms with Crippen molar-refractivity contribution >= 4 is 45.9 Å². The molecule has 2 unspecified atom stereocenters.